The molecule has 2 atom stereocenters. The molecule has 3 nitrogen and oxygen atoms in total. The van der Waals surface area contributed by atoms with Crippen molar-refractivity contribution < 1.29 is 0 Å². The van der Waals surface area contributed by atoms with Crippen molar-refractivity contribution in [2.75, 3.05) is 20.6 Å². The zero-order chi connectivity index (χ0) is 13.5. The van der Waals surface area contributed by atoms with E-state index in [1.807, 2.05) is 11.3 Å². The Bertz CT molecular complexity index is 403. The number of piperidine rings is 1. The predicted molar refractivity (Wildman–Crippen MR) is 81.4 cm³/mol. The zero-order valence-corrected chi connectivity index (χ0v) is 12.8. The third-order valence-electron chi connectivity index (χ3n) is 5.38. The molecular formula is C15H25N3S. The molecule has 106 valence electrons. The van der Waals surface area contributed by atoms with E-state index in [0.717, 1.165) is 25.2 Å². The molecule has 0 amide bonds. The summed E-state index contributed by atoms with van der Waals surface area (Å²) in [6, 6.07) is 5.86. The molecule has 2 N–H and O–H groups in total. The van der Waals surface area contributed by atoms with E-state index >= 15 is 0 Å². The molecule has 3 heterocycles. The molecule has 0 aromatic carbocycles. The van der Waals surface area contributed by atoms with Gasteiger partial charge in [-0.25, -0.2) is 0 Å². The molecule has 1 aromatic heterocycles. The van der Waals surface area contributed by atoms with Gasteiger partial charge in [0.1, 0.15) is 0 Å². The zero-order valence-electron chi connectivity index (χ0n) is 12.0. The van der Waals surface area contributed by atoms with Crippen LogP contribution in [0.15, 0.2) is 17.5 Å². The van der Waals surface area contributed by atoms with Crippen LogP contribution in [-0.2, 0) is 6.54 Å². The summed E-state index contributed by atoms with van der Waals surface area (Å²) in [6.07, 6.45) is 5.18. The number of nitrogens with two attached hydrogens (primary N) is 1. The largest absolute Gasteiger partial charge is 0.329 e. The Morgan fingerprint density at radius 1 is 1.42 bits per heavy atom. The first-order chi connectivity index (χ1) is 9.14. The van der Waals surface area contributed by atoms with Crippen molar-refractivity contribution in [3.63, 3.8) is 0 Å². The molecule has 0 aliphatic carbocycles. The van der Waals surface area contributed by atoms with E-state index in [2.05, 4.69) is 41.4 Å². The summed E-state index contributed by atoms with van der Waals surface area (Å²) in [4.78, 5) is 6.56. The standard InChI is InChI=1S/C15H25N3S/c1-17(10-14-4-3-7-19-14)15(11-16)8-12-5-6-13(9-15)18(12)2/h3-4,7,12-13H,5-6,8-11,16H2,1-2H3. The van der Waals surface area contributed by atoms with Gasteiger partial charge < -0.3 is 10.6 Å². The van der Waals surface area contributed by atoms with Crippen molar-refractivity contribution in [2.24, 2.45) is 5.73 Å². The second-order valence-electron chi connectivity index (χ2n) is 6.32. The number of thiophene rings is 1. The van der Waals surface area contributed by atoms with Gasteiger partial charge in [-0.3, -0.25) is 4.90 Å². The number of hydrogen-bond donors (Lipinski definition) is 1. The predicted octanol–water partition coefficient (Wildman–Crippen LogP) is 2.13. The van der Waals surface area contributed by atoms with Gasteiger partial charge in [0.2, 0.25) is 0 Å². The van der Waals surface area contributed by atoms with Crippen molar-refractivity contribution in [3.8, 4) is 0 Å². The van der Waals surface area contributed by atoms with Crippen molar-refractivity contribution in [2.45, 2.75) is 49.9 Å². The summed E-state index contributed by atoms with van der Waals surface area (Å²) in [5.74, 6) is 0. The fourth-order valence-electron chi connectivity index (χ4n) is 3.98. The van der Waals surface area contributed by atoms with Crippen LogP contribution in [0.2, 0.25) is 0 Å². The van der Waals surface area contributed by atoms with E-state index < -0.39 is 0 Å². The molecule has 2 fully saturated rings. The van der Waals surface area contributed by atoms with Gasteiger partial charge in [0.05, 0.1) is 0 Å². The monoisotopic (exact) mass is 279 g/mol. The number of nitrogens with zero attached hydrogens (tertiary/aromatic N) is 2. The van der Waals surface area contributed by atoms with E-state index in [0.29, 0.717) is 0 Å². The van der Waals surface area contributed by atoms with Gasteiger partial charge in [-0.05, 0) is 51.2 Å². The highest BCUT2D eigenvalue weighted by Gasteiger charge is 2.48. The van der Waals surface area contributed by atoms with Crippen molar-refractivity contribution in [1.82, 2.24) is 9.80 Å². The minimum absolute atomic E-state index is 0.211. The van der Waals surface area contributed by atoms with E-state index in [4.69, 9.17) is 5.73 Å². The molecule has 1 aromatic rings. The molecular weight excluding hydrogens is 254 g/mol. The first-order valence-electron chi connectivity index (χ1n) is 7.30. The molecule has 0 radical (unpaired) electrons. The maximum Gasteiger partial charge on any atom is 0.0362 e. The molecule has 2 saturated heterocycles. The lowest BCUT2D eigenvalue weighted by Gasteiger charge is -2.49. The van der Waals surface area contributed by atoms with E-state index in [9.17, 15) is 0 Å². The van der Waals surface area contributed by atoms with Gasteiger partial charge in [-0.1, -0.05) is 6.07 Å². The third-order valence-corrected chi connectivity index (χ3v) is 6.24. The lowest BCUT2D eigenvalue weighted by molar-refractivity contribution is 0.0123. The van der Waals surface area contributed by atoms with Crippen LogP contribution in [0, 0.1) is 0 Å². The van der Waals surface area contributed by atoms with Crippen LogP contribution in [0.5, 0.6) is 0 Å². The summed E-state index contributed by atoms with van der Waals surface area (Å²) in [6.45, 7) is 1.83. The highest BCUT2D eigenvalue weighted by atomic mass is 32.1. The first kappa shape index (κ1) is 13.6. The van der Waals surface area contributed by atoms with Crippen LogP contribution in [-0.4, -0.2) is 48.1 Å². The quantitative estimate of drug-likeness (QED) is 0.916. The lowest BCUT2D eigenvalue weighted by atomic mass is 9.81. The van der Waals surface area contributed by atoms with E-state index in [1.165, 1.54) is 30.6 Å². The first-order valence-corrected chi connectivity index (χ1v) is 8.18. The summed E-state index contributed by atoms with van der Waals surface area (Å²) < 4.78 is 0. The molecule has 2 aliphatic heterocycles. The third kappa shape index (κ3) is 2.35. The molecule has 2 aliphatic rings. The lowest BCUT2D eigenvalue weighted by Crippen LogP contribution is -2.60. The molecule has 4 heteroatoms. The minimum Gasteiger partial charge on any atom is -0.329 e. The van der Waals surface area contributed by atoms with Gasteiger partial charge >= 0.3 is 0 Å². The SMILES string of the molecule is CN1C2CCC1CC(CN)(N(C)Cc1cccs1)C2. The topological polar surface area (TPSA) is 32.5 Å². The second-order valence-corrected chi connectivity index (χ2v) is 7.35. The van der Waals surface area contributed by atoms with Crippen LogP contribution < -0.4 is 5.73 Å². The molecule has 3 rings (SSSR count). The van der Waals surface area contributed by atoms with Crippen LogP contribution in [0.25, 0.3) is 0 Å². The summed E-state index contributed by atoms with van der Waals surface area (Å²) >= 11 is 1.85. The number of fused-ring (bicyclic) bond motifs is 2. The van der Waals surface area contributed by atoms with Gasteiger partial charge in [-0.15, -0.1) is 11.3 Å². The highest BCUT2D eigenvalue weighted by Crippen LogP contribution is 2.42. The van der Waals surface area contributed by atoms with Crippen LogP contribution in [0.4, 0.5) is 0 Å². The highest BCUT2D eigenvalue weighted by molar-refractivity contribution is 7.09. The molecule has 0 spiro atoms. The minimum atomic E-state index is 0.211. The molecule has 19 heavy (non-hydrogen) atoms. The number of rotatable bonds is 4. The Labute approximate surface area is 120 Å². The maximum absolute atomic E-state index is 6.21. The van der Waals surface area contributed by atoms with E-state index in [1.54, 1.807) is 0 Å². The van der Waals surface area contributed by atoms with Crippen LogP contribution in [0.3, 0.4) is 0 Å². The smallest absolute Gasteiger partial charge is 0.0362 e. The Kier molecular flexibility index (Phi) is 3.69. The normalized spacial score (nSPS) is 35.2. The Morgan fingerprint density at radius 2 is 2.11 bits per heavy atom. The fourth-order valence-corrected chi connectivity index (χ4v) is 4.74. The van der Waals surface area contributed by atoms with Gasteiger partial charge in [0, 0.05) is 35.6 Å². The maximum atomic E-state index is 6.21. The van der Waals surface area contributed by atoms with Crippen LogP contribution in [0.1, 0.15) is 30.6 Å². The average Bonchev–Trinajstić information content (AvgIpc) is 2.96. The fraction of sp³-hybridized carbons (Fsp3) is 0.733. The van der Waals surface area contributed by atoms with Crippen molar-refractivity contribution in [3.05, 3.63) is 22.4 Å². The molecule has 0 saturated carbocycles. The van der Waals surface area contributed by atoms with Crippen molar-refractivity contribution in [1.29, 1.82) is 0 Å². The van der Waals surface area contributed by atoms with Crippen LogP contribution >= 0.6 is 11.3 Å². The Balaban J connectivity index is 1.76. The Morgan fingerprint density at radius 3 is 2.63 bits per heavy atom. The second kappa shape index (κ2) is 5.17. The summed E-state index contributed by atoms with van der Waals surface area (Å²) in [5, 5.41) is 2.16. The molecule has 2 bridgehead atoms. The van der Waals surface area contributed by atoms with Gasteiger partial charge in [0.25, 0.3) is 0 Å². The van der Waals surface area contributed by atoms with Gasteiger partial charge in [0.15, 0.2) is 0 Å². The summed E-state index contributed by atoms with van der Waals surface area (Å²) in [5.41, 5.74) is 6.42. The molecule has 2 unspecified atom stereocenters. The summed E-state index contributed by atoms with van der Waals surface area (Å²) in [7, 11) is 4.55. The number of likely N-dealkylation sites (N-methyl/N-ethyl adjacent to an activating group) is 1. The average molecular weight is 279 g/mol. The van der Waals surface area contributed by atoms with E-state index in [-0.39, 0.29) is 5.54 Å². The Hall–Kier alpha value is -0.420. The van der Waals surface area contributed by atoms with Gasteiger partial charge in [-0.2, -0.15) is 0 Å². The number of hydrogen-bond acceptors (Lipinski definition) is 4. The van der Waals surface area contributed by atoms with Crippen molar-refractivity contribution >= 4 is 11.3 Å².